The van der Waals surface area contributed by atoms with Crippen LogP contribution in [0.1, 0.15) is 18.5 Å². The normalized spacial score (nSPS) is 12.0. The number of thiophene rings is 1. The molecule has 0 aliphatic rings. The number of hydrogen-bond donors (Lipinski definition) is 2. The highest BCUT2D eigenvalue weighted by atomic mass is 32.2. The lowest BCUT2D eigenvalue weighted by molar-refractivity contribution is -0.119. The van der Waals surface area contributed by atoms with Crippen molar-refractivity contribution in [3.8, 4) is 11.1 Å². The average molecular weight is 422 g/mol. The van der Waals surface area contributed by atoms with E-state index in [1.54, 1.807) is 0 Å². The first kappa shape index (κ1) is 19.4. The summed E-state index contributed by atoms with van der Waals surface area (Å²) in [5.74, 6) is 0.0768. The smallest absolute Gasteiger partial charge is 0.260 e. The van der Waals surface area contributed by atoms with Gasteiger partial charge in [0.15, 0.2) is 5.16 Å². The molecule has 7 heteroatoms. The molecule has 2 aromatic heterocycles. The Bertz CT molecular complexity index is 1190. The van der Waals surface area contributed by atoms with Crippen molar-refractivity contribution in [1.82, 2.24) is 15.3 Å². The van der Waals surface area contributed by atoms with Crippen LogP contribution in [-0.4, -0.2) is 21.6 Å². The number of aromatic nitrogens is 2. The van der Waals surface area contributed by atoms with Crippen LogP contribution in [0.4, 0.5) is 0 Å². The molecule has 1 atom stereocenters. The predicted octanol–water partition coefficient (Wildman–Crippen LogP) is 4.62. The summed E-state index contributed by atoms with van der Waals surface area (Å²) in [6.07, 6.45) is 0. The molecule has 5 nitrogen and oxygen atoms in total. The highest BCUT2D eigenvalue weighted by Gasteiger charge is 2.14. The number of aromatic amines is 1. The SMILES string of the molecule is C[C@@H](NC(=O)CSc1nc2scc(-c3ccccc3)c2c(=O)[nH]1)c1ccccc1. The van der Waals surface area contributed by atoms with Crippen LogP contribution in [0.3, 0.4) is 0 Å². The zero-order valence-corrected chi connectivity index (χ0v) is 17.3. The fraction of sp³-hybridized carbons (Fsp3) is 0.136. The number of H-pyrrole nitrogens is 1. The van der Waals surface area contributed by atoms with Gasteiger partial charge in [-0.25, -0.2) is 4.98 Å². The lowest BCUT2D eigenvalue weighted by atomic mass is 10.1. The van der Waals surface area contributed by atoms with Crippen LogP contribution < -0.4 is 10.9 Å². The molecule has 146 valence electrons. The van der Waals surface area contributed by atoms with E-state index in [0.29, 0.717) is 15.4 Å². The molecule has 4 aromatic rings. The summed E-state index contributed by atoms with van der Waals surface area (Å²) in [6.45, 7) is 1.95. The Morgan fingerprint density at radius 1 is 1.14 bits per heavy atom. The van der Waals surface area contributed by atoms with Gasteiger partial charge in [-0.05, 0) is 18.1 Å². The minimum atomic E-state index is -0.185. The van der Waals surface area contributed by atoms with E-state index in [0.717, 1.165) is 16.7 Å². The Morgan fingerprint density at radius 2 is 1.83 bits per heavy atom. The Morgan fingerprint density at radius 3 is 2.55 bits per heavy atom. The van der Waals surface area contributed by atoms with Crippen molar-refractivity contribution in [2.45, 2.75) is 18.1 Å². The maximum Gasteiger partial charge on any atom is 0.260 e. The molecule has 29 heavy (non-hydrogen) atoms. The molecule has 2 N–H and O–H groups in total. The number of carbonyl (C=O) groups is 1. The molecule has 0 aliphatic carbocycles. The highest BCUT2D eigenvalue weighted by Crippen LogP contribution is 2.31. The molecule has 0 aliphatic heterocycles. The van der Waals surface area contributed by atoms with E-state index in [9.17, 15) is 9.59 Å². The summed E-state index contributed by atoms with van der Waals surface area (Å²) < 4.78 is 0. The third-order valence-corrected chi connectivity index (χ3v) is 6.27. The van der Waals surface area contributed by atoms with E-state index in [-0.39, 0.29) is 23.3 Å². The standard InChI is InChI=1S/C22H19N3O2S2/c1-14(15-8-4-2-5-9-15)23-18(26)13-29-22-24-20(27)19-17(12-28-21(19)25-22)16-10-6-3-7-11-16/h2-12,14H,13H2,1H3,(H,23,26)(H,24,25,27)/t14-/m1/s1. The fourth-order valence-corrected chi connectivity index (χ4v) is 4.75. The molecule has 0 fully saturated rings. The van der Waals surface area contributed by atoms with Crippen molar-refractivity contribution in [3.05, 3.63) is 82.0 Å². The highest BCUT2D eigenvalue weighted by molar-refractivity contribution is 7.99. The number of benzene rings is 2. The van der Waals surface area contributed by atoms with Crippen molar-refractivity contribution in [2.75, 3.05) is 5.75 Å². The molecular weight excluding hydrogens is 402 g/mol. The van der Waals surface area contributed by atoms with Gasteiger partial charge >= 0.3 is 0 Å². The Hall–Kier alpha value is -2.90. The number of carbonyl (C=O) groups excluding carboxylic acids is 1. The average Bonchev–Trinajstić information content (AvgIpc) is 3.18. The maximum absolute atomic E-state index is 12.7. The van der Waals surface area contributed by atoms with Crippen LogP contribution in [-0.2, 0) is 4.79 Å². The number of amides is 1. The number of rotatable bonds is 6. The number of fused-ring (bicyclic) bond motifs is 1. The second-order valence-corrected chi connectivity index (χ2v) is 8.38. The first-order chi connectivity index (χ1) is 14.1. The molecule has 0 saturated heterocycles. The predicted molar refractivity (Wildman–Crippen MR) is 119 cm³/mol. The van der Waals surface area contributed by atoms with Crippen molar-refractivity contribution in [3.63, 3.8) is 0 Å². The van der Waals surface area contributed by atoms with Gasteiger partial charge < -0.3 is 10.3 Å². The zero-order chi connectivity index (χ0) is 20.2. The monoisotopic (exact) mass is 421 g/mol. The number of nitrogens with one attached hydrogen (secondary N) is 2. The van der Waals surface area contributed by atoms with Gasteiger partial charge in [0.1, 0.15) is 4.83 Å². The molecule has 1 amide bonds. The minimum absolute atomic E-state index is 0.0792. The first-order valence-electron chi connectivity index (χ1n) is 9.16. The summed E-state index contributed by atoms with van der Waals surface area (Å²) in [6, 6.07) is 19.5. The van der Waals surface area contributed by atoms with E-state index in [1.165, 1.54) is 23.1 Å². The summed E-state index contributed by atoms with van der Waals surface area (Å²) in [7, 11) is 0. The van der Waals surface area contributed by atoms with E-state index in [2.05, 4.69) is 15.3 Å². The Kier molecular flexibility index (Phi) is 5.78. The van der Waals surface area contributed by atoms with Crippen molar-refractivity contribution < 1.29 is 4.79 Å². The van der Waals surface area contributed by atoms with Gasteiger partial charge in [-0.1, -0.05) is 72.4 Å². The van der Waals surface area contributed by atoms with Crippen LogP contribution in [0.25, 0.3) is 21.3 Å². The lowest BCUT2D eigenvalue weighted by Crippen LogP contribution is -2.28. The second kappa shape index (κ2) is 8.63. The van der Waals surface area contributed by atoms with E-state index < -0.39 is 0 Å². The molecular formula is C22H19N3O2S2. The van der Waals surface area contributed by atoms with Gasteiger partial charge in [0.25, 0.3) is 5.56 Å². The van der Waals surface area contributed by atoms with Crippen molar-refractivity contribution in [1.29, 1.82) is 0 Å². The molecule has 0 bridgehead atoms. The van der Waals surface area contributed by atoms with E-state index >= 15 is 0 Å². The molecule has 2 aromatic carbocycles. The molecule has 0 spiro atoms. The zero-order valence-electron chi connectivity index (χ0n) is 15.7. The van der Waals surface area contributed by atoms with Crippen LogP contribution in [0.15, 0.2) is 76.0 Å². The van der Waals surface area contributed by atoms with Gasteiger partial charge in [0.05, 0.1) is 17.2 Å². The first-order valence-corrected chi connectivity index (χ1v) is 11.0. The minimum Gasteiger partial charge on any atom is -0.349 e. The molecule has 2 heterocycles. The van der Waals surface area contributed by atoms with Crippen LogP contribution in [0.2, 0.25) is 0 Å². The number of hydrogen-bond acceptors (Lipinski definition) is 5. The Balaban J connectivity index is 1.46. The lowest BCUT2D eigenvalue weighted by Gasteiger charge is -2.13. The van der Waals surface area contributed by atoms with Crippen LogP contribution >= 0.6 is 23.1 Å². The molecule has 0 unspecified atom stereocenters. The maximum atomic E-state index is 12.7. The van der Waals surface area contributed by atoms with Crippen LogP contribution in [0.5, 0.6) is 0 Å². The molecule has 0 radical (unpaired) electrons. The largest absolute Gasteiger partial charge is 0.349 e. The van der Waals surface area contributed by atoms with Crippen LogP contribution in [0, 0.1) is 0 Å². The van der Waals surface area contributed by atoms with Gasteiger partial charge in [-0.3, -0.25) is 9.59 Å². The third kappa shape index (κ3) is 4.41. The third-order valence-electron chi connectivity index (χ3n) is 4.52. The molecule has 4 rings (SSSR count). The van der Waals surface area contributed by atoms with E-state index in [1.807, 2.05) is 73.0 Å². The van der Waals surface area contributed by atoms with Crippen molar-refractivity contribution in [2.24, 2.45) is 0 Å². The fourth-order valence-electron chi connectivity index (χ4n) is 3.07. The van der Waals surface area contributed by atoms with Gasteiger partial charge in [-0.2, -0.15) is 0 Å². The number of thioether (sulfide) groups is 1. The molecule has 0 saturated carbocycles. The summed E-state index contributed by atoms with van der Waals surface area (Å²) in [5, 5.41) is 5.96. The van der Waals surface area contributed by atoms with Gasteiger partial charge in [0, 0.05) is 10.9 Å². The quantitative estimate of drug-likeness (QED) is 0.352. The summed E-state index contributed by atoms with van der Waals surface area (Å²) >= 11 is 2.66. The topological polar surface area (TPSA) is 74.8 Å². The van der Waals surface area contributed by atoms with E-state index in [4.69, 9.17) is 0 Å². The Labute approximate surface area is 176 Å². The number of nitrogens with zero attached hydrogens (tertiary/aromatic N) is 1. The summed E-state index contributed by atoms with van der Waals surface area (Å²) in [5.41, 5.74) is 2.73. The van der Waals surface area contributed by atoms with Crippen molar-refractivity contribution >= 4 is 39.2 Å². The summed E-state index contributed by atoms with van der Waals surface area (Å²) in [4.78, 5) is 33.0. The van der Waals surface area contributed by atoms with Gasteiger partial charge in [0.2, 0.25) is 5.91 Å². The second-order valence-electron chi connectivity index (χ2n) is 6.56. The van der Waals surface area contributed by atoms with Gasteiger partial charge in [-0.15, -0.1) is 11.3 Å².